The molecule has 1 atom stereocenters. The molecule has 2 N–H and O–H groups in total. The number of ether oxygens (including phenoxy) is 1. The van der Waals surface area contributed by atoms with Crippen molar-refractivity contribution in [3.05, 3.63) is 23.8 Å². The van der Waals surface area contributed by atoms with E-state index < -0.39 is 24.3 Å². The fourth-order valence-corrected chi connectivity index (χ4v) is 2.69. The molecule has 1 aromatic rings. The summed E-state index contributed by atoms with van der Waals surface area (Å²) in [4.78, 5) is 13.8. The lowest BCUT2D eigenvalue weighted by atomic mass is 10.0. The molecular formula is C16H20F4N2O3. The van der Waals surface area contributed by atoms with Crippen molar-refractivity contribution in [1.82, 2.24) is 4.90 Å². The van der Waals surface area contributed by atoms with Gasteiger partial charge < -0.3 is 20.1 Å². The number of carbonyl (C=O) groups is 1. The molecule has 0 spiro atoms. The Hall–Kier alpha value is -2.03. The van der Waals surface area contributed by atoms with Crippen molar-refractivity contribution in [1.29, 1.82) is 0 Å². The van der Waals surface area contributed by atoms with Gasteiger partial charge in [0.1, 0.15) is 5.75 Å². The van der Waals surface area contributed by atoms with Gasteiger partial charge in [0.15, 0.2) is 0 Å². The molecular weight excluding hydrogens is 344 g/mol. The molecule has 0 aliphatic carbocycles. The number of amides is 2. The highest BCUT2D eigenvalue weighted by molar-refractivity contribution is 5.89. The molecule has 0 bridgehead atoms. The molecule has 2 rings (SSSR count). The molecule has 140 valence electrons. The van der Waals surface area contributed by atoms with Gasteiger partial charge in [-0.25, -0.2) is 4.79 Å². The minimum absolute atomic E-state index is 0.137. The first kappa shape index (κ1) is 19.3. The monoisotopic (exact) mass is 364 g/mol. The Balaban J connectivity index is 2.06. The lowest BCUT2D eigenvalue weighted by Gasteiger charge is -2.34. The van der Waals surface area contributed by atoms with E-state index in [1.165, 1.54) is 24.0 Å². The Morgan fingerprint density at radius 2 is 2.16 bits per heavy atom. The van der Waals surface area contributed by atoms with Gasteiger partial charge in [-0.2, -0.15) is 17.6 Å². The Labute approximate surface area is 142 Å². The molecule has 2 amide bonds. The zero-order chi connectivity index (χ0) is 18.6. The first-order chi connectivity index (χ1) is 11.7. The molecule has 0 aromatic heterocycles. The molecule has 1 aliphatic rings. The average Bonchev–Trinajstić information content (AvgIpc) is 2.57. The fraction of sp³-hybridized carbons (Fsp3) is 0.562. The second-order valence-electron chi connectivity index (χ2n) is 5.90. The number of benzene rings is 1. The number of urea groups is 1. The van der Waals surface area contributed by atoms with Crippen LogP contribution in [0.4, 0.5) is 28.0 Å². The predicted molar refractivity (Wildman–Crippen MR) is 83.2 cm³/mol. The third-order valence-electron chi connectivity index (χ3n) is 4.03. The van der Waals surface area contributed by atoms with E-state index in [0.717, 1.165) is 18.9 Å². The first-order valence-electron chi connectivity index (χ1n) is 7.88. The topological polar surface area (TPSA) is 61.8 Å². The van der Waals surface area contributed by atoms with Crippen LogP contribution in [0, 0.1) is 6.92 Å². The van der Waals surface area contributed by atoms with Crippen molar-refractivity contribution in [2.24, 2.45) is 0 Å². The summed E-state index contributed by atoms with van der Waals surface area (Å²) >= 11 is 0. The number of likely N-dealkylation sites (tertiary alicyclic amines) is 1. The van der Waals surface area contributed by atoms with Crippen LogP contribution in [0.25, 0.3) is 0 Å². The summed E-state index contributed by atoms with van der Waals surface area (Å²) in [5.74, 6) is -0.394. The maximum Gasteiger partial charge on any atom is 0.461 e. The zero-order valence-corrected chi connectivity index (χ0v) is 13.6. The molecule has 1 unspecified atom stereocenters. The molecule has 25 heavy (non-hydrogen) atoms. The van der Waals surface area contributed by atoms with Gasteiger partial charge in [0.2, 0.25) is 0 Å². The summed E-state index contributed by atoms with van der Waals surface area (Å²) in [6.45, 7) is 1.78. The number of nitrogens with one attached hydrogen (secondary N) is 1. The minimum Gasteiger partial charge on any atom is -0.428 e. The van der Waals surface area contributed by atoms with Gasteiger partial charge in [0, 0.05) is 12.2 Å². The van der Waals surface area contributed by atoms with Gasteiger partial charge in [0.25, 0.3) is 0 Å². The highest BCUT2D eigenvalue weighted by Crippen LogP contribution is 2.31. The number of hydrogen-bond donors (Lipinski definition) is 2. The normalized spacial score (nSPS) is 18.4. The van der Waals surface area contributed by atoms with E-state index in [4.69, 9.17) is 0 Å². The summed E-state index contributed by atoms with van der Waals surface area (Å²) in [5.41, 5.74) is 0.493. The van der Waals surface area contributed by atoms with Crippen molar-refractivity contribution in [2.45, 2.75) is 44.8 Å². The number of halogens is 4. The summed E-state index contributed by atoms with van der Waals surface area (Å²) in [6.07, 6.45) is -6.06. The number of nitrogens with zero attached hydrogens (tertiary/aromatic N) is 1. The van der Waals surface area contributed by atoms with Gasteiger partial charge in [0.05, 0.1) is 12.6 Å². The zero-order valence-electron chi connectivity index (χ0n) is 13.6. The number of piperidine rings is 1. The molecule has 1 saturated heterocycles. The van der Waals surface area contributed by atoms with Gasteiger partial charge in [-0.3, -0.25) is 0 Å². The Morgan fingerprint density at radius 1 is 1.44 bits per heavy atom. The lowest BCUT2D eigenvalue weighted by molar-refractivity contribution is -0.253. The van der Waals surface area contributed by atoms with Crippen molar-refractivity contribution in [2.75, 3.05) is 18.5 Å². The second-order valence-corrected chi connectivity index (χ2v) is 5.90. The molecule has 5 nitrogen and oxygen atoms in total. The van der Waals surface area contributed by atoms with Crippen LogP contribution in [0.2, 0.25) is 0 Å². The van der Waals surface area contributed by atoms with E-state index in [9.17, 15) is 27.5 Å². The molecule has 1 fully saturated rings. The highest BCUT2D eigenvalue weighted by atomic mass is 19.3. The van der Waals surface area contributed by atoms with E-state index in [1.807, 2.05) is 0 Å². The number of aryl methyl sites for hydroxylation is 1. The van der Waals surface area contributed by atoms with E-state index in [0.29, 0.717) is 18.7 Å². The third kappa shape index (κ3) is 4.75. The smallest absolute Gasteiger partial charge is 0.428 e. The van der Waals surface area contributed by atoms with Crippen LogP contribution in [0.15, 0.2) is 18.2 Å². The molecule has 1 aromatic carbocycles. The molecule has 1 aliphatic heterocycles. The predicted octanol–water partition coefficient (Wildman–Crippen LogP) is 3.61. The molecule has 1 heterocycles. The Kier molecular flexibility index (Phi) is 6.10. The highest BCUT2D eigenvalue weighted by Gasteiger charge is 2.44. The minimum atomic E-state index is -4.59. The number of carbonyl (C=O) groups excluding carboxylic acids is 1. The maximum absolute atomic E-state index is 13.0. The largest absolute Gasteiger partial charge is 0.461 e. The lowest BCUT2D eigenvalue weighted by Crippen LogP contribution is -2.47. The van der Waals surface area contributed by atoms with Crippen molar-refractivity contribution >= 4 is 11.7 Å². The summed E-state index contributed by atoms with van der Waals surface area (Å²) < 4.78 is 54.4. The van der Waals surface area contributed by atoms with Gasteiger partial charge >= 0.3 is 18.6 Å². The summed E-state index contributed by atoms with van der Waals surface area (Å²) in [6, 6.07) is 3.07. The molecule has 0 saturated carbocycles. The quantitative estimate of drug-likeness (QED) is 0.785. The van der Waals surface area contributed by atoms with Crippen molar-refractivity contribution < 1.29 is 32.2 Å². The Morgan fingerprint density at radius 3 is 2.76 bits per heavy atom. The van der Waals surface area contributed by atoms with Crippen LogP contribution in [0.5, 0.6) is 5.75 Å². The Bertz CT molecular complexity index is 613. The fourth-order valence-electron chi connectivity index (χ4n) is 2.69. The number of rotatable bonds is 5. The number of aliphatic hydroxyl groups excluding tert-OH is 1. The average molecular weight is 364 g/mol. The number of aliphatic hydroxyl groups is 1. The van der Waals surface area contributed by atoms with Gasteiger partial charge in [-0.05, 0) is 49.9 Å². The summed E-state index contributed by atoms with van der Waals surface area (Å²) in [7, 11) is 0. The van der Waals surface area contributed by atoms with Crippen molar-refractivity contribution in [3.8, 4) is 5.75 Å². The van der Waals surface area contributed by atoms with Crippen LogP contribution in [0.3, 0.4) is 0 Å². The van der Waals surface area contributed by atoms with E-state index in [-0.39, 0.29) is 18.2 Å². The van der Waals surface area contributed by atoms with E-state index >= 15 is 0 Å². The number of alkyl halides is 4. The second kappa shape index (κ2) is 7.90. The SMILES string of the molecule is Cc1cc(NC(=O)N2CCCCC2CO)ccc1OC(F)(F)C(F)F. The van der Waals surface area contributed by atoms with E-state index in [2.05, 4.69) is 10.1 Å². The van der Waals surface area contributed by atoms with Crippen LogP contribution in [-0.4, -0.2) is 47.8 Å². The number of hydrogen-bond acceptors (Lipinski definition) is 3. The standard InChI is InChI=1S/C16H20F4N2O3/c1-10-8-11(5-6-13(10)25-16(19,20)14(17)18)21-15(24)22-7-3-2-4-12(22)9-23/h5-6,8,12,14,23H,2-4,7,9H2,1H3,(H,21,24). The van der Waals surface area contributed by atoms with Crippen LogP contribution < -0.4 is 10.1 Å². The third-order valence-corrected chi connectivity index (χ3v) is 4.03. The summed E-state index contributed by atoms with van der Waals surface area (Å²) in [5, 5.41) is 12.0. The van der Waals surface area contributed by atoms with Crippen LogP contribution in [0.1, 0.15) is 24.8 Å². The first-order valence-corrected chi connectivity index (χ1v) is 7.88. The molecule has 0 radical (unpaired) electrons. The maximum atomic E-state index is 13.0. The van der Waals surface area contributed by atoms with Gasteiger partial charge in [-0.1, -0.05) is 0 Å². The number of anilines is 1. The van der Waals surface area contributed by atoms with Crippen molar-refractivity contribution in [3.63, 3.8) is 0 Å². The van der Waals surface area contributed by atoms with Gasteiger partial charge in [-0.15, -0.1) is 0 Å². The van der Waals surface area contributed by atoms with Crippen LogP contribution >= 0.6 is 0 Å². The van der Waals surface area contributed by atoms with E-state index in [1.54, 1.807) is 0 Å². The van der Waals surface area contributed by atoms with Crippen LogP contribution in [-0.2, 0) is 0 Å². The molecule has 9 heteroatoms.